The normalized spacial score (nSPS) is 31.7. The van der Waals surface area contributed by atoms with Crippen molar-refractivity contribution in [1.82, 2.24) is 0 Å². The van der Waals surface area contributed by atoms with E-state index in [1.165, 1.54) is 0 Å². The highest BCUT2D eigenvalue weighted by molar-refractivity contribution is 9.12. The van der Waals surface area contributed by atoms with E-state index in [0.717, 1.165) is 46.9 Å². The first-order valence-electron chi connectivity index (χ1n) is 6.49. The highest BCUT2D eigenvalue weighted by Crippen LogP contribution is 2.64. The number of fused-ring (bicyclic) bond motifs is 3. The van der Waals surface area contributed by atoms with Crippen LogP contribution in [-0.2, 0) is 11.2 Å². The maximum absolute atomic E-state index is 12.3. The van der Waals surface area contributed by atoms with Gasteiger partial charge in [0.1, 0.15) is 5.75 Å². The lowest BCUT2D eigenvalue weighted by atomic mass is 9.74. The maximum atomic E-state index is 12.3. The number of hydrogen-bond acceptors (Lipinski definition) is 2. The molecule has 4 rings (SSSR count). The second-order valence-corrected chi connectivity index (χ2v) is 7.05. The highest BCUT2D eigenvalue weighted by atomic mass is 79.9. The minimum atomic E-state index is 0.0666. The molecule has 0 aliphatic heterocycles. The molecule has 98 valence electrons. The van der Waals surface area contributed by atoms with Crippen molar-refractivity contribution in [1.29, 1.82) is 0 Å². The van der Waals surface area contributed by atoms with Gasteiger partial charge in [-0.05, 0) is 64.4 Å². The van der Waals surface area contributed by atoms with Gasteiger partial charge in [-0.25, -0.2) is 0 Å². The van der Waals surface area contributed by atoms with Gasteiger partial charge in [0.2, 0.25) is 0 Å². The Bertz CT molecular complexity index is 664. The van der Waals surface area contributed by atoms with Crippen molar-refractivity contribution in [2.75, 3.05) is 0 Å². The summed E-state index contributed by atoms with van der Waals surface area (Å²) in [5.41, 5.74) is 3.24. The van der Waals surface area contributed by atoms with Crippen molar-refractivity contribution in [3.8, 4) is 5.75 Å². The SMILES string of the molecule is O=C1C(Br)=C2c3ccc(O)c(Cl)c3C[C@]23CC[C@@H]1C3. The molecular formula is C15H12BrClO2. The van der Waals surface area contributed by atoms with Crippen molar-refractivity contribution < 1.29 is 9.90 Å². The van der Waals surface area contributed by atoms with Gasteiger partial charge in [0.25, 0.3) is 0 Å². The minimum Gasteiger partial charge on any atom is -0.506 e. The summed E-state index contributed by atoms with van der Waals surface area (Å²) in [6.07, 6.45) is 3.79. The summed E-state index contributed by atoms with van der Waals surface area (Å²) in [6, 6.07) is 3.52. The maximum Gasteiger partial charge on any atom is 0.173 e. The molecule has 2 nitrogen and oxygen atoms in total. The van der Waals surface area contributed by atoms with E-state index in [-0.39, 0.29) is 22.9 Å². The summed E-state index contributed by atoms with van der Waals surface area (Å²) in [7, 11) is 0. The molecule has 1 saturated carbocycles. The summed E-state index contributed by atoms with van der Waals surface area (Å²) in [5, 5.41) is 10.2. The van der Waals surface area contributed by atoms with Crippen LogP contribution in [0.15, 0.2) is 16.6 Å². The van der Waals surface area contributed by atoms with Crippen LogP contribution in [0.1, 0.15) is 30.4 Å². The fourth-order valence-electron chi connectivity index (χ4n) is 4.12. The van der Waals surface area contributed by atoms with E-state index >= 15 is 0 Å². The Hall–Kier alpha value is -0.800. The predicted molar refractivity (Wildman–Crippen MR) is 77.4 cm³/mol. The molecule has 0 heterocycles. The molecule has 1 N–H and O–H groups in total. The summed E-state index contributed by atoms with van der Waals surface area (Å²) in [4.78, 5) is 12.3. The highest BCUT2D eigenvalue weighted by Gasteiger charge is 2.54. The van der Waals surface area contributed by atoms with Crippen molar-refractivity contribution in [3.63, 3.8) is 0 Å². The molecule has 1 aromatic rings. The van der Waals surface area contributed by atoms with E-state index in [4.69, 9.17) is 11.6 Å². The van der Waals surface area contributed by atoms with E-state index in [9.17, 15) is 9.90 Å². The number of Topliss-reactive ketones (excluding diaryl/α,β-unsaturated/α-hetero) is 1. The number of aromatic hydroxyl groups is 1. The molecule has 0 unspecified atom stereocenters. The fourth-order valence-corrected chi connectivity index (χ4v) is 5.31. The summed E-state index contributed by atoms with van der Waals surface area (Å²) in [6.45, 7) is 0. The lowest BCUT2D eigenvalue weighted by molar-refractivity contribution is -0.118. The zero-order valence-electron chi connectivity index (χ0n) is 10.2. The number of phenolic OH excluding ortho intramolecular Hbond substituents is 1. The standard InChI is InChI=1S/C15H12BrClO2/c16-12-11-8-1-2-10(18)13(17)9(8)6-15(11)4-3-7(5-15)14(12)19/h1-2,7,18H,3-6H2/t7-,15-/m1/s1. The topological polar surface area (TPSA) is 37.3 Å². The average molecular weight is 340 g/mol. The first-order chi connectivity index (χ1) is 9.03. The molecule has 2 bridgehead atoms. The molecule has 1 spiro atoms. The first-order valence-corrected chi connectivity index (χ1v) is 7.66. The lowest BCUT2D eigenvalue weighted by Crippen LogP contribution is -2.25. The Kier molecular flexibility index (Phi) is 2.30. The second kappa shape index (κ2) is 3.64. The van der Waals surface area contributed by atoms with Crippen molar-refractivity contribution >= 4 is 38.9 Å². The van der Waals surface area contributed by atoms with Crippen molar-refractivity contribution in [2.45, 2.75) is 25.7 Å². The van der Waals surface area contributed by atoms with Gasteiger partial charge in [-0.15, -0.1) is 0 Å². The van der Waals surface area contributed by atoms with Crippen LogP contribution in [0.4, 0.5) is 0 Å². The number of allylic oxidation sites excluding steroid dienone is 2. The number of ketones is 1. The molecule has 1 fully saturated rings. The van der Waals surface area contributed by atoms with Crippen LogP contribution in [0.2, 0.25) is 5.02 Å². The third-order valence-electron chi connectivity index (χ3n) is 4.95. The van der Waals surface area contributed by atoms with Crippen LogP contribution in [0, 0.1) is 11.3 Å². The number of carbonyl (C=O) groups is 1. The van der Waals surface area contributed by atoms with E-state index < -0.39 is 0 Å². The minimum absolute atomic E-state index is 0.0666. The Balaban J connectivity index is 2.03. The summed E-state index contributed by atoms with van der Waals surface area (Å²) < 4.78 is 0.738. The number of hydrogen-bond donors (Lipinski definition) is 1. The Morgan fingerprint density at radius 2 is 2.21 bits per heavy atom. The molecule has 1 aromatic carbocycles. The number of phenols is 1. The van der Waals surface area contributed by atoms with E-state index in [2.05, 4.69) is 15.9 Å². The third kappa shape index (κ3) is 1.35. The molecule has 0 radical (unpaired) electrons. The van der Waals surface area contributed by atoms with Gasteiger partial charge in [0.15, 0.2) is 5.78 Å². The van der Waals surface area contributed by atoms with Crippen LogP contribution in [0.25, 0.3) is 5.57 Å². The van der Waals surface area contributed by atoms with E-state index in [0.29, 0.717) is 5.02 Å². The Morgan fingerprint density at radius 3 is 3.00 bits per heavy atom. The second-order valence-electron chi connectivity index (χ2n) is 5.87. The van der Waals surface area contributed by atoms with Gasteiger partial charge in [-0.2, -0.15) is 0 Å². The third-order valence-corrected chi connectivity index (χ3v) is 6.16. The zero-order valence-corrected chi connectivity index (χ0v) is 12.5. The number of halogens is 2. The van der Waals surface area contributed by atoms with Gasteiger partial charge in [0, 0.05) is 11.3 Å². The van der Waals surface area contributed by atoms with Gasteiger partial charge in [-0.1, -0.05) is 17.7 Å². The molecule has 3 aliphatic carbocycles. The number of rotatable bonds is 0. The number of carbonyl (C=O) groups excluding carboxylic acids is 1. The lowest BCUT2D eigenvalue weighted by Gasteiger charge is -2.30. The first kappa shape index (κ1) is 12.0. The smallest absolute Gasteiger partial charge is 0.173 e. The van der Waals surface area contributed by atoms with Crippen LogP contribution >= 0.6 is 27.5 Å². The number of benzene rings is 1. The Labute approximate surface area is 124 Å². The van der Waals surface area contributed by atoms with E-state index in [1.54, 1.807) is 6.07 Å². The van der Waals surface area contributed by atoms with Crippen LogP contribution in [-0.4, -0.2) is 10.9 Å². The van der Waals surface area contributed by atoms with Gasteiger partial charge >= 0.3 is 0 Å². The van der Waals surface area contributed by atoms with Crippen LogP contribution < -0.4 is 0 Å². The predicted octanol–water partition coefficient (Wildman–Crippen LogP) is 4.08. The molecular weight excluding hydrogens is 328 g/mol. The van der Waals surface area contributed by atoms with Gasteiger partial charge in [-0.3, -0.25) is 4.79 Å². The summed E-state index contributed by atoms with van der Waals surface area (Å²) >= 11 is 9.76. The molecule has 3 aliphatic rings. The van der Waals surface area contributed by atoms with Crippen LogP contribution in [0.3, 0.4) is 0 Å². The van der Waals surface area contributed by atoms with Crippen LogP contribution in [0.5, 0.6) is 5.75 Å². The molecule has 0 saturated heterocycles. The molecule has 2 atom stereocenters. The molecule has 0 amide bonds. The molecule has 0 aromatic heterocycles. The Morgan fingerprint density at radius 1 is 1.42 bits per heavy atom. The molecule has 4 heteroatoms. The average Bonchev–Trinajstić information content (AvgIpc) is 2.93. The van der Waals surface area contributed by atoms with Gasteiger partial charge in [0.05, 0.1) is 9.51 Å². The van der Waals surface area contributed by atoms with Gasteiger partial charge < -0.3 is 5.11 Å². The largest absolute Gasteiger partial charge is 0.506 e. The van der Waals surface area contributed by atoms with Crippen molar-refractivity contribution in [2.24, 2.45) is 11.3 Å². The quantitative estimate of drug-likeness (QED) is 0.773. The van der Waals surface area contributed by atoms with E-state index in [1.807, 2.05) is 6.07 Å². The summed E-state index contributed by atoms with van der Waals surface area (Å²) in [5.74, 6) is 0.535. The molecule has 19 heavy (non-hydrogen) atoms. The fraction of sp³-hybridized carbons (Fsp3) is 0.400. The van der Waals surface area contributed by atoms with Crippen molar-refractivity contribution in [3.05, 3.63) is 32.8 Å². The zero-order chi connectivity index (χ0) is 13.4. The monoisotopic (exact) mass is 338 g/mol.